The molecule has 0 fully saturated rings. The molecule has 1 atom stereocenters. The molecule has 8 nitrogen and oxygen atoms in total. The predicted octanol–water partition coefficient (Wildman–Crippen LogP) is 2.18. The molecule has 0 saturated heterocycles. The second-order valence-corrected chi connectivity index (χ2v) is 6.53. The van der Waals surface area contributed by atoms with Crippen molar-refractivity contribution in [3.05, 3.63) is 66.1 Å². The van der Waals surface area contributed by atoms with E-state index in [1.807, 2.05) is 25.1 Å². The SMILES string of the molecule is CC(CCc1ccccc1)NC(=O)Cn1cc(-c2ccc(C(=O)O)nc2)nn1. The van der Waals surface area contributed by atoms with Crippen LogP contribution >= 0.6 is 0 Å². The number of aromatic nitrogens is 4. The number of aromatic carboxylic acids is 1. The van der Waals surface area contributed by atoms with E-state index in [4.69, 9.17) is 5.11 Å². The number of pyridine rings is 1. The van der Waals surface area contributed by atoms with Crippen LogP contribution < -0.4 is 5.32 Å². The first-order valence-electron chi connectivity index (χ1n) is 8.94. The Hall–Kier alpha value is -3.55. The molecule has 0 radical (unpaired) electrons. The third-order valence-electron chi connectivity index (χ3n) is 4.24. The van der Waals surface area contributed by atoms with Gasteiger partial charge in [0.1, 0.15) is 17.9 Å². The fraction of sp³-hybridized carbons (Fsp3) is 0.250. The van der Waals surface area contributed by atoms with Crippen molar-refractivity contribution < 1.29 is 14.7 Å². The number of carbonyl (C=O) groups excluding carboxylic acids is 1. The normalized spacial score (nSPS) is 11.8. The van der Waals surface area contributed by atoms with Gasteiger partial charge < -0.3 is 10.4 Å². The molecule has 3 aromatic rings. The molecule has 0 aliphatic carbocycles. The highest BCUT2D eigenvalue weighted by Gasteiger charge is 2.11. The molecular formula is C20H21N5O3. The van der Waals surface area contributed by atoms with Crippen LogP contribution in [0.15, 0.2) is 54.9 Å². The Kier molecular flexibility index (Phi) is 6.11. The summed E-state index contributed by atoms with van der Waals surface area (Å²) in [5, 5.41) is 19.8. The summed E-state index contributed by atoms with van der Waals surface area (Å²) in [7, 11) is 0. The zero-order valence-electron chi connectivity index (χ0n) is 15.4. The van der Waals surface area contributed by atoms with E-state index in [1.165, 1.54) is 22.5 Å². The number of hydrogen-bond donors (Lipinski definition) is 2. The smallest absolute Gasteiger partial charge is 0.354 e. The number of carboxylic acid groups (broad SMARTS) is 1. The zero-order valence-corrected chi connectivity index (χ0v) is 15.4. The third kappa shape index (κ3) is 5.23. The summed E-state index contributed by atoms with van der Waals surface area (Å²) < 4.78 is 1.44. The Balaban J connectivity index is 1.51. The number of aryl methyl sites for hydroxylation is 1. The van der Waals surface area contributed by atoms with Gasteiger partial charge in [0, 0.05) is 17.8 Å². The maximum absolute atomic E-state index is 12.2. The van der Waals surface area contributed by atoms with Gasteiger partial charge in [0.25, 0.3) is 0 Å². The van der Waals surface area contributed by atoms with Gasteiger partial charge in [0.15, 0.2) is 0 Å². The second-order valence-electron chi connectivity index (χ2n) is 6.53. The molecule has 28 heavy (non-hydrogen) atoms. The largest absolute Gasteiger partial charge is 0.477 e. The van der Waals surface area contributed by atoms with E-state index in [2.05, 4.69) is 32.7 Å². The molecule has 2 aromatic heterocycles. The lowest BCUT2D eigenvalue weighted by Crippen LogP contribution is -2.35. The number of amides is 1. The third-order valence-corrected chi connectivity index (χ3v) is 4.24. The number of hydrogen-bond acceptors (Lipinski definition) is 5. The summed E-state index contributed by atoms with van der Waals surface area (Å²) >= 11 is 0. The predicted molar refractivity (Wildman–Crippen MR) is 103 cm³/mol. The standard InChI is InChI=1S/C20H21N5O3/c1-14(7-8-15-5-3-2-4-6-15)22-19(26)13-25-12-18(23-24-25)16-9-10-17(20(27)28)21-11-16/h2-6,9-12,14H,7-8,13H2,1H3,(H,22,26)(H,27,28). The first kappa shape index (κ1) is 19.2. The molecule has 0 saturated carbocycles. The summed E-state index contributed by atoms with van der Waals surface area (Å²) in [5.74, 6) is -1.23. The number of carbonyl (C=O) groups is 2. The van der Waals surface area contributed by atoms with Gasteiger partial charge >= 0.3 is 5.97 Å². The minimum absolute atomic E-state index is 0.0417. The Labute approximate surface area is 162 Å². The van der Waals surface area contributed by atoms with Crippen LogP contribution in [0.3, 0.4) is 0 Å². The van der Waals surface area contributed by atoms with Gasteiger partial charge in [0.05, 0.1) is 6.20 Å². The second kappa shape index (κ2) is 8.90. The van der Waals surface area contributed by atoms with Crippen molar-refractivity contribution in [2.75, 3.05) is 0 Å². The molecule has 1 unspecified atom stereocenters. The van der Waals surface area contributed by atoms with Gasteiger partial charge in [-0.15, -0.1) is 5.10 Å². The van der Waals surface area contributed by atoms with Gasteiger partial charge in [-0.05, 0) is 37.5 Å². The van der Waals surface area contributed by atoms with Crippen LogP contribution in [-0.2, 0) is 17.8 Å². The van der Waals surface area contributed by atoms with E-state index >= 15 is 0 Å². The molecule has 2 heterocycles. The van der Waals surface area contributed by atoms with Crippen molar-refractivity contribution in [1.29, 1.82) is 0 Å². The Morgan fingerprint density at radius 2 is 1.96 bits per heavy atom. The van der Waals surface area contributed by atoms with Crippen molar-refractivity contribution in [3.8, 4) is 11.3 Å². The van der Waals surface area contributed by atoms with E-state index in [9.17, 15) is 9.59 Å². The maximum Gasteiger partial charge on any atom is 0.354 e. The zero-order chi connectivity index (χ0) is 19.9. The van der Waals surface area contributed by atoms with Crippen molar-refractivity contribution in [1.82, 2.24) is 25.3 Å². The first-order chi connectivity index (χ1) is 13.5. The maximum atomic E-state index is 12.2. The van der Waals surface area contributed by atoms with Crippen LogP contribution in [0.1, 0.15) is 29.4 Å². The highest BCUT2D eigenvalue weighted by molar-refractivity contribution is 5.85. The molecule has 0 aliphatic rings. The van der Waals surface area contributed by atoms with E-state index in [1.54, 1.807) is 12.3 Å². The fourth-order valence-electron chi connectivity index (χ4n) is 2.75. The molecular weight excluding hydrogens is 358 g/mol. The minimum atomic E-state index is -1.09. The number of carboxylic acids is 1. The van der Waals surface area contributed by atoms with Crippen LogP contribution in [0.5, 0.6) is 0 Å². The van der Waals surface area contributed by atoms with Crippen LogP contribution in [0.2, 0.25) is 0 Å². The molecule has 0 aliphatic heterocycles. The molecule has 1 aromatic carbocycles. The van der Waals surface area contributed by atoms with E-state index < -0.39 is 5.97 Å². The highest BCUT2D eigenvalue weighted by Crippen LogP contribution is 2.15. The van der Waals surface area contributed by atoms with Crippen LogP contribution in [0.4, 0.5) is 0 Å². The number of rotatable bonds is 8. The number of nitrogens with one attached hydrogen (secondary N) is 1. The summed E-state index contributed by atoms with van der Waals surface area (Å²) in [4.78, 5) is 26.9. The highest BCUT2D eigenvalue weighted by atomic mass is 16.4. The van der Waals surface area contributed by atoms with E-state index in [0.717, 1.165) is 12.8 Å². The van der Waals surface area contributed by atoms with E-state index in [-0.39, 0.29) is 24.2 Å². The molecule has 1 amide bonds. The lowest BCUT2D eigenvalue weighted by Gasteiger charge is -2.13. The summed E-state index contributed by atoms with van der Waals surface area (Å²) in [5.41, 5.74) is 2.36. The average Bonchev–Trinajstić information content (AvgIpc) is 3.15. The first-order valence-corrected chi connectivity index (χ1v) is 8.94. The molecule has 144 valence electrons. The average molecular weight is 379 g/mol. The van der Waals surface area contributed by atoms with Crippen LogP contribution in [0.25, 0.3) is 11.3 Å². The number of benzene rings is 1. The van der Waals surface area contributed by atoms with Crippen molar-refractivity contribution in [2.45, 2.75) is 32.4 Å². The summed E-state index contributed by atoms with van der Waals surface area (Å²) in [6, 6.07) is 13.2. The van der Waals surface area contributed by atoms with Gasteiger partial charge in [-0.2, -0.15) is 0 Å². The monoisotopic (exact) mass is 379 g/mol. The van der Waals surface area contributed by atoms with Crippen molar-refractivity contribution in [2.24, 2.45) is 0 Å². The van der Waals surface area contributed by atoms with Crippen molar-refractivity contribution >= 4 is 11.9 Å². The molecule has 0 spiro atoms. The fourth-order valence-corrected chi connectivity index (χ4v) is 2.75. The molecule has 2 N–H and O–H groups in total. The van der Waals surface area contributed by atoms with Gasteiger partial charge in [-0.25, -0.2) is 14.5 Å². The van der Waals surface area contributed by atoms with E-state index in [0.29, 0.717) is 11.3 Å². The van der Waals surface area contributed by atoms with Gasteiger partial charge in [-0.3, -0.25) is 4.79 Å². The Morgan fingerprint density at radius 1 is 1.18 bits per heavy atom. The number of nitrogens with zero attached hydrogens (tertiary/aromatic N) is 4. The summed E-state index contributed by atoms with van der Waals surface area (Å²) in [6.07, 6.45) is 4.80. The molecule has 8 heteroatoms. The Bertz CT molecular complexity index is 938. The van der Waals surface area contributed by atoms with Gasteiger partial charge in [-0.1, -0.05) is 35.5 Å². The minimum Gasteiger partial charge on any atom is -0.477 e. The van der Waals surface area contributed by atoms with Crippen LogP contribution in [-0.4, -0.2) is 43.0 Å². The summed E-state index contributed by atoms with van der Waals surface area (Å²) in [6.45, 7) is 2.03. The van der Waals surface area contributed by atoms with Gasteiger partial charge in [0.2, 0.25) is 5.91 Å². The van der Waals surface area contributed by atoms with Crippen molar-refractivity contribution in [3.63, 3.8) is 0 Å². The topological polar surface area (TPSA) is 110 Å². The lowest BCUT2D eigenvalue weighted by atomic mass is 10.1. The lowest BCUT2D eigenvalue weighted by molar-refractivity contribution is -0.122. The van der Waals surface area contributed by atoms with Crippen LogP contribution in [0, 0.1) is 0 Å². The molecule has 3 rings (SSSR count). The Morgan fingerprint density at radius 3 is 2.64 bits per heavy atom. The quantitative estimate of drug-likeness (QED) is 0.621. The molecule has 0 bridgehead atoms.